The van der Waals surface area contributed by atoms with Crippen molar-refractivity contribution in [2.75, 3.05) is 13.7 Å². The summed E-state index contributed by atoms with van der Waals surface area (Å²) in [5.74, 6) is -0.439. The Balaban J connectivity index is 1.95. The fourth-order valence-corrected chi connectivity index (χ4v) is 3.35. The fraction of sp³-hybridized carbons (Fsp3) is 0.538. The number of esters is 1. The summed E-state index contributed by atoms with van der Waals surface area (Å²) >= 11 is 1.62. The molecule has 112 valence electrons. The van der Waals surface area contributed by atoms with E-state index in [0.717, 1.165) is 35.0 Å². The van der Waals surface area contributed by atoms with Crippen LogP contribution in [0.2, 0.25) is 0 Å². The lowest BCUT2D eigenvalue weighted by molar-refractivity contribution is 0.0591. The molecule has 0 aliphatic carbocycles. The lowest BCUT2D eigenvalue weighted by Gasteiger charge is -2.13. The van der Waals surface area contributed by atoms with E-state index in [2.05, 4.69) is 20.6 Å². The van der Waals surface area contributed by atoms with Gasteiger partial charge in [-0.25, -0.2) is 14.5 Å². The van der Waals surface area contributed by atoms with Gasteiger partial charge in [-0.15, -0.1) is 16.4 Å². The predicted molar refractivity (Wildman–Crippen MR) is 77.3 cm³/mol. The third-order valence-electron chi connectivity index (χ3n) is 3.52. The second-order valence-corrected chi connectivity index (χ2v) is 6.29. The number of carbonyl (C=O) groups is 1. The second kappa shape index (κ2) is 5.90. The number of hydrogen-bond donors (Lipinski definition) is 1. The van der Waals surface area contributed by atoms with Crippen LogP contribution in [-0.2, 0) is 11.3 Å². The number of thiazole rings is 1. The van der Waals surface area contributed by atoms with E-state index in [0.29, 0.717) is 12.2 Å². The molecule has 0 aromatic carbocycles. The normalized spacial score (nSPS) is 18.1. The molecule has 1 N–H and O–H groups in total. The van der Waals surface area contributed by atoms with E-state index in [1.807, 2.05) is 13.1 Å². The third-order valence-corrected chi connectivity index (χ3v) is 4.41. The van der Waals surface area contributed by atoms with Gasteiger partial charge in [0.2, 0.25) is 0 Å². The number of aryl methyl sites for hydroxylation is 1. The van der Waals surface area contributed by atoms with E-state index in [4.69, 9.17) is 4.74 Å². The van der Waals surface area contributed by atoms with Crippen molar-refractivity contribution in [3.63, 3.8) is 0 Å². The van der Waals surface area contributed by atoms with Crippen LogP contribution in [0, 0.1) is 6.92 Å². The molecule has 1 atom stereocenters. The molecular weight excluding hydrogens is 290 g/mol. The summed E-state index contributed by atoms with van der Waals surface area (Å²) in [6.07, 6.45) is 3.89. The smallest absolute Gasteiger partial charge is 0.360 e. The molecule has 0 amide bonds. The van der Waals surface area contributed by atoms with E-state index in [-0.39, 0.29) is 6.04 Å². The van der Waals surface area contributed by atoms with E-state index < -0.39 is 5.97 Å². The van der Waals surface area contributed by atoms with Gasteiger partial charge >= 0.3 is 5.97 Å². The Kier molecular flexibility index (Phi) is 3.98. The van der Waals surface area contributed by atoms with Crippen LogP contribution < -0.4 is 5.32 Å². The first-order valence-electron chi connectivity index (χ1n) is 6.85. The summed E-state index contributed by atoms with van der Waals surface area (Å²) in [6.45, 7) is 3.48. The molecule has 7 nitrogen and oxygen atoms in total. The number of methoxy groups -OCH3 is 1. The Labute approximate surface area is 126 Å². The summed E-state index contributed by atoms with van der Waals surface area (Å²) in [6, 6.07) is 0.100. The van der Waals surface area contributed by atoms with Crippen LogP contribution in [0.5, 0.6) is 0 Å². The van der Waals surface area contributed by atoms with Gasteiger partial charge in [-0.2, -0.15) is 0 Å². The van der Waals surface area contributed by atoms with Crippen molar-refractivity contribution < 1.29 is 9.53 Å². The summed E-state index contributed by atoms with van der Waals surface area (Å²) in [5, 5.41) is 12.6. The first-order valence-corrected chi connectivity index (χ1v) is 7.67. The van der Waals surface area contributed by atoms with Gasteiger partial charge in [-0.05, 0) is 26.3 Å². The molecule has 1 fully saturated rings. The Hall–Kier alpha value is -1.80. The maximum Gasteiger partial charge on any atom is 0.360 e. The van der Waals surface area contributed by atoms with Crippen LogP contribution in [0.4, 0.5) is 0 Å². The maximum absolute atomic E-state index is 11.9. The average molecular weight is 307 g/mol. The molecule has 0 radical (unpaired) electrons. The molecule has 21 heavy (non-hydrogen) atoms. The highest BCUT2D eigenvalue weighted by molar-refractivity contribution is 7.11. The zero-order valence-corrected chi connectivity index (χ0v) is 12.8. The highest BCUT2D eigenvalue weighted by Gasteiger charge is 2.29. The second-order valence-electron chi connectivity index (χ2n) is 4.97. The van der Waals surface area contributed by atoms with Gasteiger partial charge in [0.05, 0.1) is 30.4 Å². The molecule has 1 aliphatic heterocycles. The Morgan fingerprint density at radius 2 is 2.48 bits per heavy atom. The number of nitrogens with one attached hydrogen (secondary N) is 1. The van der Waals surface area contributed by atoms with Gasteiger partial charge in [-0.3, -0.25) is 0 Å². The lowest BCUT2D eigenvalue weighted by atomic mass is 10.1. The minimum absolute atomic E-state index is 0.100. The molecule has 0 saturated carbocycles. The third kappa shape index (κ3) is 2.81. The molecule has 1 saturated heterocycles. The quantitative estimate of drug-likeness (QED) is 0.858. The van der Waals surface area contributed by atoms with Crippen molar-refractivity contribution in [3.8, 4) is 0 Å². The van der Waals surface area contributed by atoms with E-state index in [9.17, 15) is 4.79 Å². The Bertz CT molecular complexity index is 645. The van der Waals surface area contributed by atoms with Crippen molar-refractivity contribution in [1.29, 1.82) is 0 Å². The summed E-state index contributed by atoms with van der Waals surface area (Å²) in [4.78, 5) is 17.2. The van der Waals surface area contributed by atoms with Crippen molar-refractivity contribution in [1.82, 2.24) is 25.3 Å². The molecule has 2 aromatic heterocycles. The lowest BCUT2D eigenvalue weighted by Crippen LogP contribution is -2.21. The summed E-state index contributed by atoms with van der Waals surface area (Å²) in [7, 11) is 1.36. The molecule has 8 heteroatoms. The zero-order valence-electron chi connectivity index (χ0n) is 12.0. The first-order chi connectivity index (χ1) is 10.2. The molecule has 1 unspecified atom stereocenters. The standard InChI is InChI=1S/C13H17N5O2S/c1-8-15-6-9(21-8)7-18-12(10-4-3-5-14-10)11(16-17-18)13(19)20-2/h6,10,14H,3-5,7H2,1-2H3. The van der Waals surface area contributed by atoms with Crippen LogP contribution >= 0.6 is 11.3 Å². The van der Waals surface area contributed by atoms with Gasteiger partial charge in [0.25, 0.3) is 0 Å². The summed E-state index contributed by atoms with van der Waals surface area (Å²) in [5.41, 5.74) is 1.11. The Morgan fingerprint density at radius 3 is 3.10 bits per heavy atom. The number of aromatic nitrogens is 4. The number of nitrogens with zero attached hydrogens (tertiary/aromatic N) is 4. The van der Waals surface area contributed by atoms with Gasteiger partial charge < -0.3 is 10.1 Å². The molecule has 0 bridgehead atoms. The monoisotopic (exact) mass is 307 g/mol. The molecule has 1 aliphatic rings. The van der Waals surface area contributed by atoms with Crippen LogP contribution in [0.1, 0.15) is 45.0 Å². The van der Waals surface area contributed by atoms with Gasteiger partial charge in [-0.1, -0.05) is 5.21 Å². The largest absolute Gasteiger partial charge is 0.464 e. The minimum atomic E-state index is -0.439. The van der Waals surface area contributed by atoms with Crippen LogP contribution in [-0.4, -0.2) is 39.6 Å². The van der Waals surface area contributed by atoms with Crippen molar-refractivity contribution in [2.45, 2.75) is 32.4 Å². The van der Waals surface area contributed by atoms with E-state index in [1.54, 1.807) is 16.0 Å². The first kappa shape index (κ1) is 14.2. The van der Waals surface area contributed by atoms with Gasteiger partial charge in [0.15, 0.2) is 5.69 Å². The highest BCUT2D eigenvalue weighted by atomic mass is 32.1. The molecular formula is C13H17N5O2S. The predicted octanol–water partition coefficient (Wildman–Crippen LogP) is 1.30. The Morgan fingerprint density at radius 1 is 1.62 bits per heavy atom. The topological polar surface area (TPSA) is 81.9 Å². The van der Waals surface area contributed by atoms with E-state index in [1.165, 1.54) is 7.11 Å². The number of carbonyl (C=O) groups excluding carboxylic acids is 1. The molecule has 3 rings (SSSR count). The minimum Gasteiger partial charge on any atom is -0.464 e. The van der Waals surface area contributed by atoms with Crippen LogP contribution in [0.15, 0.2) is 6.20 Å². The highest BCUT2D eigenvalue weighted by Crippen LogP contribution is 2.26. The zero-order chi connectivity index (χ0) is 14.8. The summed E-state index contributed by atoms with van der Waals surface area (Å²) < 4.78 is 6.59. The average Bonchev–Trinajstić information content (AvgIpc) is 3.19. The van der Waals surface area contributed by atoms with Gasteiger partial charge in [0.1, 0.15) is 0 Å². The van der Waals surface area contributed by atoms with Gasteiger partial charge in [0, 0.05) is 11.1 Å². The van der Waals surface area contributed by atoms with Crippen molar-refractivity contribution in [3.05, 3.63) is 27.5 Å². The number of ether oxygens (including phenoxy) is 1. The molecule has 3 heterocycles. The fourth-order valence-electron chi connectivity index (χ4n) is 2.57. The van der Waals surface area contributed by atoms with Crippen LogP contribution in [0.3, 0.4) is 0 Å². The van der Waals surface area contributed by atoms with E-state index >= 15 is 0 Å². The molecule has 2 aromatic rings. The molecule has 0 spiro atoms. The SMILES string of the molecule is COC(=O)c1nnn(Cc2cnc(C)s2)c1C1CCCN1. The van der Waals surface area contributed by atoms with Crippen molar-refractivity contribution in [2.24, 2.45) is 0 Å². The maximum atomic E-state index is 11.9. The number of rotatable bonds is 4. The van der Waals surface area contributed by atoms with Crippen LogP contribution in [0.25, 0.3) is 0 Å². The van der Waals surface area contributed by atoms with Crippen molar-refractivity contribution >= 4 is 17.3 Å². The number of hydrogen-bond acceptors (Lipinski definition) is 7.